The summed E-state index contributed by atoms with van der Waals surface area (Å²) in [4.78, 5) is 13.2. The van der Waals surface area contributed by atoms with Gasteiger partial charge >= 0.3 is 0 Å². The Hall–Kier alpha value is -0.450. The molecule has 1 rings (SSSR count). The Labute approximate surface area is 91.5 Å². The molecule has 1 fully saturated rings. The van der Waals surface area contributed by atoms with Gasteiger partial charge in [-0.3, -0.25) is 9.69 Å². The van der Waals surface area contributed by atoms with Crippen molar-refractivity contribution in [1.82, 2.24) is 4.90 Å². The number of likely N-dealkylation sites (tertiary alicyclic amines) is 1. The fraction of sp³-hybridized carbons (Fsp3) is 0.909. The van der Waals surface area contributed by atoms with Crippen molar-refractivity contribution in [2.45, 2.75) is 25.8 Å². The van der Waals surface area contributed by atoms with E-state index >= 15 is 0 Å². The maximum absolute atomic E-state index is 11.0. The highest BCUT2D eigenvalue weighted by Gasteiger charge is 2.24. The summed E-state index contributed by atoms with van der Waals surface area (Å²) < 4.78 is 10.4. The van der Waals surface area contributed by atoms with Crippen LogP contribution in [-0.4, -0.2) is 56.7 Å². The van der Waals surface area contributed by atoms with Gasteiger partial charge in [0.15, 0.2) is 0 Å². The van der Waals surface area contributed by atoms with Crippen LogP contribution in [-0.2, 0) is 14.3 Å². The number of ether oxygens (including phenoxy) is 2. The molecule has 0 radical (unpaired) electrons. The van der Waals surface area contributed by atoms with Crippen molar-refractivity contribution < 1.29 is 14.3 Å². The lowest BCUT2D eigenvalue weighted by atomic mass is 10.2. The van der Waals surface area contributed by atoms with E-state index < -0.39 is 0 Å². The van der Waals surface area contributed by atoms with Crippen molar-refractivity contribution in [3.05, 3.63) is 0 Å². The quantitative estimate of drug-likeness (QED) is 0.586. The Morgan fingerprint density at radius 2 is 2.27 bits per heavy atom. The van der Waals surface area contributed by atoms with Crippen LogP contribution in [0.2, 0.25) is 0 Å². The van der Waals surface area contributed by atoms with Crippen LogP contribution >= 0.6 is 0 Å². The van der Waals surface area contributed by atoms with Gasteiger partial charge in [0.1, 0.15) is 5.78 Å². The summed E-state index contributed by atoms with van der Waals surface area (Å²) in [6.45, 7) is 5.23. The lowest BCUT2D eigenvalue weighted by Crippen LogP contribution is -2.36. The zero-order chi connectivity index (χ0) is 11.1. The summed E-state index contributed by atoms with van der Waals surface area (Å²) in [7, 11) is 1.67. The molecule has 0 amide bonds. The van der Waals surface area contributed by atoms with Crippen LogP contribution in [0.3, 0.4) is 0 Å². The Kier molecular flexibility index (Phi) is 5.83. The highest BCUT2D eigenvalue weighted by atomic mass is 16.5. The Morgan fingerprint density at radius 1 is 1.47 bits per heavy atom. The highest BCUT2D eigenvalue weighted by molar-refractivity contribution is 5.77. The number of hydrogen-bond acceptors (Lipinski definition) is 4. The van der Waals surface area contributed by atoms with E-state index in [0.29, 0.717) is 25.8 Å². The number of nitrogens with zero attached hydrogens (tertiary/aromatic N) is 1. The first-order valence-corrected chi connectivity index (χ1v) is 5.54. The molecule has 0 aliphatic carbocycles. The van der Waals surface area contributed by atoms with Gasteiger partial charge in [-0.15, -0.1) is 0 Å². The topological polar surface area (TPSA) is 38.8 Å². The third-order valence-corrected chi connectivity index (χ3v) is 2.67. The number of methoxy groups -OCH3 is 1. The van der Waals surface area contributed by atoms with Gasteiger partial charge in [-0.25, -0.2) is 0 Å². The minimum atomic E-state index is 0.235. The van der Waals surface area contributed by atoms with Crippen LogP contribution in [0, 0.1) is 0 Å². The van der Waals surface area contributed by atoms with E-state index in [1.54, 1.807) is 14.0 Å². The van der Waals surface area contributed by atoms with Gasteiger partial charge in [0.05, 0.1) is 26.4 Å². The second-order valence-corrected chi connectivity index (χ2v) is 4.04. The van der Waals surface area contributed by atoms with Gasteiger partial charge in [0.25, 0.3) is 0 Å². The minimum absolute atomic E-state index is 0.235. The number of hydrogen-bond donors (Lipinski definition) is 0. The molecule has 0 aromatic heterocycles. The van der Waals surface area contributed by atoms with E-state index in [0.717, 1.165) is 19.6 Å². The zero-order valence-corrected chi connectivity index (χ0v) is 9.70. The molecular formula is C11H21NO3. The first-order valence-electron chi connectivity index (χ1n) is 5.54. The van der Waals surface area contributed by atoms with Crippen LogP contribution in [0.4, 0.5) is 0 Å². The molecular weight excluding hydrogens is 194 g/mol. The van der Waals surface area contributed by atoms with E-state index in [1.165, 1.54) is 6.42 Å². The van der Waals surface area contributed by atoms with Gasteiger partial charge in [-0.1, -0.05) is 0 Å². The van der Waals surface area contributed by atoms with Crippen LogP contribution in [0.25, 0.3) is 0 Å². The molecule has 0 unspecified atom stereocenters. The molecule has 1 aliphatic heterocycles. The fourth-order valence-electron chi connectivity index (χ4n) is 1.94. The van der Waals surface area contributed by atoms with Gasteiger partial charge in [0, 0.05) is 13.2 Å². The average Bonchev–Trinajstić information content (AvgIpc) is 2.59. The Morgan fingerprint density at radius 3 is 2.93 bits per heavy atom. The van der Waals surface area contributed by atoms with Gasteiger partial charge in [0.2, 0.25) is 0 Å². The first-order chi connectivity index (χ1) is 7.24. The van der Waals surface area contributed by atoms with Crippen molar-refractivity contribution in [3.63, 3.8) is 0 Å². The summed E-state index contributed by atoms with van der Waals surface area (Å²) in [5, 5.41) is 0. The lowest BCUT2D eigenvalue weighted by molar-refractivity contribution is -0.118. The maximum atomic E-state index is 11.0. The third kappa shape index (κ3) is 4.73. The van der Waals surface area contributed by atoms with E-state index in [9.17, 15) is 4.79 Å². The second kappa shape index (κ2) is 6.93. The highest BCUT2D eigenvalue weighted by Crippen LogP contribution is 2.16. The second-order valence-electron chi connectivity index (χ2n) is 4.04. The monoisotopic (exact) mass is 215 g/mol. The van der Waals surface area contributed by atoms with Crippen LogP contribution < -0.4 is 0 Å². The number of rotatable bonds is 7. The van der Waals surface area contributed by atoms with Crippen molar-refractivity contribution in [3.8, 4) is 0 Å². The summed E-state index contributed by atoms with van der Waals surface area (Å²) in [6.07, 6.45) is 2.31. The molecule has 15 heavy (non-hydrogen) atoms. The number of Topliss-reactive ketones (excluding diaryl/α,β-unsaturated/α-hetero) is 1. The van der Waals surface area contributed by atoms with E-state index in [4.69, 9.17) is 9.47 Å². The van der Waals surface area contributed by atoms with Gasteiger partial charge < -0.3 is 9.47 Å². The third-order valence-electron chi connectivity index (χ3n) is 2.67. The summed E-state index contributed by atoms with van der Waals surface area (Å²) in [5.74, 6) is 0.235. The minimum Gasteiger partial charge on any atom is -0.382 e. The van der Waals surface area contributed by atoms with E-state index in [2.05, 4.69) is 4.90 Å². The molecule has 1 heterocycles. The standard InChI is InChI=1S/C11H21NO3/c1-10(13)8-12-5-3-4-11(12)9-15-7-6-14-2/h11H,3-9H2,1-2H3/t11-/m0/s1. The molecule has 0 bridgehead atoms. The van der Waals surface area contributed by atoms with Gasteiger partial charge in [-0.05, 0) is 26.3 Å². The Balaban J connectivity index is 2.18. The molecule has 4 nitrogen and oxygen atoms in total. The van der Waals surface area contributed by atoms with Crippen LogP contribution in [0.5, 0.6) is 0 Å². The van der Waals surface area contributed by atoms with Crippen molar-refractivity contribution in [2.24, 2.45) is 0 Å². The molecule has 0 spiro atoms. The molecule has 0 saturated carbocycles. The maximum Gasteiger partial charge on any atom is 0.143 e. The smallest absolute Gasteiger partial charge is 0.143 e. The molecule has 4 heteroatoms. The SMILES string of the molecule is COCCOC[C@@H]1CCCN1CC(C)=O. The molecule has 1 saturated heterocycles. The van der Waals surface area contributed by atoms with Crippen LogP contribution in [0.15, 0.2) is 0 Å². The molecule has 0 N–H and O–H groups in total. The first kappa shape index (κ1) is 12.6. The normalized spacial score (nSPS) is 22.1. The number of carbonyl (C=O) groups excluding carboxylic acids is 1. The number of ketones is 1. The lowest BCUT2D eigenvalue weighted by Gasteiger charge is -2.22. The Bertz CT molecular complexity index is 196. The van der Waals surface area contributed by atoms with Crippen molar-refractivity contribution in [2.75, 3.05) is 40.0 Å². The predicted molar refractivity (Wildman–Crippen MR) is 58.0 cm³/mol. The largest absolute Gasteiger partial charge is 0.382 e. The summed E-state index contributed by atoms with van der Waals surface area (Å²) in [5.41, 5.74) is 0. The fourth-order valence-corrected chi connectivity index (χ4v) is 1.94. The zero-order valence-electron chi connectivity index (χ0n) is 9.70. The molecule has 0 aromatic carbocycles. The molecule has 1 atom stereocenters. The molecule has 0 aromatic rings. The van der Waals surface area contributed by atoms with E-state index in [-0.39, 0.29) is 5.78 Å². The molecule has 1 aliphatic rings. The van der Waals surface area contributed by atoms with Crippen molar-refractivity contribution >= 4 is 5.78 Å². The van der Waals surface area contributed by atoms with Crippen LogP contribution in [0.1, 0.15) is 19.8 Å². The number of carbonyl (C=O) groups is 1. The summed E-state index contributed by atoms with van der Waals surface area (Å²) >= 11 is 0. The van der Waals surface area contributed by atoms with Gasteiger partial charge in [-0.2, -0.15) is 0 Å². The predicted octanol–water partition coefficient (Wildman–Crippen LogP) is 0.703. The van der Waals surface area contributed by atoms with E-state index in [1.807, 2.05) is 0 Å². The average molecular weight is 215 g/mol. The molecule has 88 valence electrons. The van der Waals surface area contributed by atoms with Crippen molar-refractivity contribution in [1.29, 1.82) is 0 Å². The summed E-state index contributed by atoms with van der Waals surface area (Å²) in [6, 6.07) is 0.422.